The van der Waals surface area contributed by atoms with Crippen LogP contribution in [0.25, 0.3) is 0 Å². The highest BCUT2D eigenvalue weighted by Gasteiger charge is 2.18. The zero-order valence-corrected chi connectivity index (χ0v) is 10.6. The van der Waals surface area contributed by atoms with Gasteiger partial charge < -0.3 is 20.3 Å². The van der Waals surface area contributed by atoms with Crippen molar-refractivity contribution in [1.29, 1.82) is 0 Å². The van der Waals surface area contributed by atoms with Crippen molar-refractivity contribution >= 4 is 5.97 Å². The number of nitrogens with one attached hydrogen (secondary N) is 1. The molecule has 0 saturated heterocycles. The van der Waals surface area contributed by atoms with Gasteiger partial charge in [-0.25, -0.2) is 4.79 Å². The van der Waals surface area contributed by atoms with E-state index in [-0.39, 0.29) is 6.54 Å². The summed E-state index contributed by atoms with van der Waals surface area (Å²) in [6, 6.07) is 6.45. The molecule has 1 rings (SSSR count). The van der Waals surface area contributed by atoms with Crippen LogP contribution in [0.1, 0.15) is 28.9 Å². The molecular formula is C13H19NO4. The van der Waals surface area contributed by atoms with Crippen molar-refractivity contribution in [2.45, 2.75) is 19.1 Å². The van der Waals surface area contributed by atoms with Crippen molar-refractivity contribution < 1.29 is 19.7 Å². The molecular weight excluding hydrogens is 234 g/mol. The molecule has 2 atom stereocenters. The molecule has 0 heterocycles. The Labute approximate surface area is 106 Å². The maximum Gasteiger partial charge on any atom is 0.338 e. The molecule has 5 nitrogen and oxygen atoms in total. The quantitative estimate of drug-likeness (QED) is 0.643. The number of esters is 1. The lowest BCUT2D eigenvalue weighted by Crippen LogP contribution is -2.29. The average molecular weight is 253 g/mol. The number of likely N-dealkylation sites (N-methyl/N-ethyl adjacent to an activating group) is 1. The van der Waals surface area contributed by atoms with Crippen LogP contribution in [0.5, 0.6) is 0 Å². The summed E-state index contributed by atoms with van der Waals surface area (Å²) in [5, 5.41) is 22.4. The summed E-state index contributed by atoms with van der Waals surface area (Å²) in [7, 11) is 1.69. The van der Waals surface area contributed by atoms with Crippen LogP contribution in [0.3, 0.4) is 0 Å². The molecule has 0 aromatic heterocycles. The van der Waals surface area contributed by atoms with Crippen LogP contribution in [-0.4, -0.2) is 42.5 Å². The highest BCUT2D eigenvalue weighted by Crippen LogP contribution is 2.18. The van der Waals surface area contributed by atoms with E-state index in [9.17, 15) is 15.0 Å². The summed E-state index contributed by atoms with van der Waals surface area (Å²) in [6.07, 6.45) is -1.96. The predicted octanol–water partition coefficient (Wildman–Crippen LogP) is 0.477. The zero-order valence-electron chi connectivity index (χ0n) is 10.6. The fourth-order valence-corrected chi connectivity index (χ4v) is 1.61. The van der Waals surface area contributed by atoms with Gasteiger partial charge in [-0.2, -0.15) is 0 Å². The molecule has 5 heteroatoms. The largest absolute Gasteiger partial charge is 0.462 e. The van der Waals surface area contributed by atoms with Gasteiger partial charge in [-0.05, 0) is 31.7 Å². The molecule has 3 N–H and O–H groups in total. The van der Waals surface area contributed by atoms with E-state index >= 15 is 0 Å². The second kappa shape index (κ2) is 7.10. The van der Waals surface area contributed by atoms with Crippen LogP contribution in [0.4, 0.5) is 0 Å². The molecule has 0 fully saturated rings. The topological polar surface area (TPSA) is 78.8 Å². The van der Waals surface area contributed by atoms with Crippen LogP contribution in [-0.2, 0) is 4.74 Å². The maximum atomic E-state index is 11.5. The number of aliphatic hydroxyl groups excluding tert-OH is 2. The number of rotatable bonds is 6. The van der Waals surface area contributed by atoms with E-state index in [0.29, 0.717) is 17.7 Å². The van der Waals surface area contributed by atoms with E-state index < -0.39 is 18.2 Å². The fourth-order valence-electron chi connectivity index (χ4n) is 1.61. The summed E-state index contributed by atoms with van der Waals surface area (Å²) < 4.78 is 4.88. The lowest BCUT2D eigenvalue weighted by Gasteiger charge is -2.18. The molecule has 0 aliphatic rings. The Kier molecular flexibility index (Phi) is 5.77. The number of carbonyl (C=O) groups excluding carboxylic acids is 1. The van der Waals surface area contributed by atoms with Crippen LogP contribution in [0.2, 0.25) is 0 Å². The van der Waals surface area contributed by atoms with Crippen molar-refractivity contribution in [3.63, 3.8) is 0 Å². The average Bonchev–Trinajstić information content (AvgIpc) is 2.38. The van der Waals surface area contributed by atoms with Crippen molar-refractivity contribution in [1.82, 2.24) is 5.32 Å². The van der Waals surface area contributed by atoms with E-state index in [1.165, 1.54) is 6.07 Å². The highest BCUT2D eigenvalue weighted by molar-refractivity contribution is 5.89. The number of ether oxygens (including phenoxy) is 1. The van der Waals surface area contributed by atoms with E-state index in [2.05, 4.69) is 5.32 Å². The Morgan fingerprint density at radius 2 is 2.17 bits per heavy atom. The van der Waals surface area contributed by atoms with Gasteiger partial charge in [-0.1, -0.05) is 12.1 Å². The normalized spacial score (nSPS) is 14.0. The monoisotopic (exact) mass is 253 g/mol. The Morgan fingerprint density at radius 3 is 2.78 bits per heavy atom. The Balaban J connectivity index is 2.84. The van der Waals surface area contributed by atoms with Gasteiger partial charge in [0.2, 0.25) is 0 Å². The molecule has 0 radical (unpaired) electrons. The first-order chi connectivity index (χ1) is 8.60. The predicted molar refractivity (Wildman–Crippen MR) is 67.3 cm³/mol. The summed E-state index contributed by atoms with van der Waals surface area (Å²) in [4.78, 5) is 11.5. The third kappa shape index (κ3) is 3.80. The van der Waals surface area contributed by atoms with Crippen LogP contribution in [0.15, 0.2) is 24.3 Å². The van der Waals surface area contributed by atoms with Gasteiger partial charge in [0.1, 0.15) is 6.10 Å². The van der Waals surface area contributed by atoms with E-state index in [1.807, 2.05) is 0 Å². The van der Waals surface area contributed by atoms with Gasteiger partial charge in [0, 0.05) is 6.54 Å². The standard InChI is InChI=1S/C13H19NO4/c1-3-18-13(17)10-6-4-5-9(7-10)12(16)11(15)8-14-2/h4-7,11-12,14-16H,3,8H2,1-2H3. The highest BCUT2D eigenvalue weighted by atomic mass is 16.5. The molecule has 0 amide bonds. The molecule has 2 unspecified atom stereocenters. The second-order valence-electron chi connectivity index (χ2n) is 3.92. The number of aliphatic hydroxyl groups is 2. The molecule has 1 aromatic rings. The van der Waals surface area contributed by atoms with Gasteiger partial charge in [-0.15, -0.1) is 0 Å². The van der Waals surface area contributed by atoms with Gasteiger partial charge in [0.15, 0.2) is 0 Å². The van der Waals surface area contributed by atoms with Gasteiger partial charge in [-0.3, -0.25) is 0 Å². The minimum absolute atomic E-state index is 0.269. The van der Waals surface area contributed by atoms with E-state index in [4.69, 9.17) is 4.74 Å². The van der Waals surface area contributed by atoms with Crippen LogP contribution < -0.4 is 5.32 Å². The first kappa shape index (κ1) is 14.6. The van der Waals surface area contributed by atoms with Crippen molar-refractivity contribution in [2.75, 3.05) is 20.2 Å². The minimum atomic E-state index is -1.04. The third-order valence-electron chi connectivity index (χ3n) is 2.52. The number of benzene rings is 1. The first-order valence-electron chi connectivity index (χ1n) is 5.88. The van der Waals surface area contributed by atoms with E-state index in [0.717, 1.165) is 0 Å². The van der Waals surface area contributed by atoms with Crippen LogP contribution >= 0.6 is 0 Å². The molecule has 100 valence electrons. The van der Waals surface area contributed by atoms with Crippen LogP contribution in [0, 0.1) is 0 Å². The SMILES string of the molecule is CCOC(=O)c1cccc(C(O)C(O)CNC)c1. The third-order valence-corrected chi connectivity index (χ3v) is 2.52. The zero-order chi connectivity index (χ0) is 13.5. The molecule has 0 bridgehead atoms. The number of hydrogen-bond acceptors (Lipinski definition) is 5. The number of carbonyl (C=O) groups is 1. The maximum absolute atomic E-state index is 11.5. The summed E-state index contributed by atoms with van der Waals surface area (Å²) in [5.74, 6) is -0.436. The summed E-state index contributed by atoms with van der Waals surface area (Å²) in [6.45, 7) is 2.30. The number of hydrogen-bond donors (Lipinski definition) is 3. The lowest BCUT2D eigenvalue weighted by molar-refractivity contribution is 0.0201. The molecule has 1 aromatic carbocycles. The van der Waals surface area contributed by atoms with Gasteiger partial charge >= 0.3 is 5.97 Å². The molecule has 0 aliphatic carbocycles. The molecule has 18 heavy (non-hydrogen) atoms. The van der Waals surface area contributed by atoms with Gasteiger partial charge in [0.05, 0.1) is 18.3 Å². The lowest BCUT2D eigenvalue weighted by atomic mass is 10.0. The molecule has 0 spiro atoms. The summed E-state index contributed by atoms with van der Waals surface area (Å²) in [5.41, 5.74) is 0.855. The second-order valence-corrected chi connectivity index (χ2v) is 3.92. The molecule has 0 aliphatic heterocycles. The minimum Gasteiger partial charge on any atom is -0.462 e. The van der Waals surface area contributed by atoms with Crippen molar-refractivity contribution in [3.05, 3.63) is 35.4 Å². The summed E-state index contributed by atoms with van der Waals surface area (Å²) >= 11 is 0. The fraction of sp³-hybridized carbons (Fsp3) is 0.462. The van der Waals surface area contributed by atoms with Gasteiger partial charge in [0.25, 0.3) is 0 Å². The Hall–Kier alpha value is -1.43. The molecule has 0 saturated carbocycles. The Bertz CT molecular complexity index is 394. The smallest absolute Gasteiger partial charge is 0.338 e. The van der Waals surface area contributed by atoms with Crippen molar-refractivity contribution in [2.24, 2.45) is 0 Å². The van der Waals surface area contributed by atoms with Crippen molar-refractivity contribution in [3.8, 4) is 0 Å². The first-order valence-corrected chi connectivity index (χ1v) is 5.88. The van der Waals surface area contributed by atoms with E-state index in [1.54, 1.807) is 32.2 Å². The Morgan fingerprint density at radius 1 is 1.44 bits per heavy atom.